The SMILES string of the molecule is Cc1ccc(C(CN)N(C)CC2CCCCC2)cn1. The molecule has 3 nitrogen and oxygen atoms in total. The Morgan fingerprint density at radius 1 is 1.32 bits per heavy atom. The molecule has 1 fully saturated rings. The number of hydrogen-bond donors (Lipinski definition) is 1. The Bertz CT molecular complexity index is 368. The van der Waals surface area contributed by atoms with Gasteiger partial charge in [0.2, 0.25) is 0 Å². The van der Waals surface area contributed by atoms with Crippen molar-refractivity contribution in [3.05, 3.63) is 29.6 Å². The maximum absolute atomic E-state index is 5.98. The molecule has 1 aliphatic carbocycles. The smallest absolute Gasteiger partial charge is 0.0482 e. The predicted molar refractivity (Wildman–Crippen MR) is 80.0 cm³/mol. The van der Waals surface area contributed by atoms with E-state index in [0.717, 1.165) is 18.2 Å². The van der Waals surface area contributed by atoms with Crippen LogP contribution in [0.4, 0.5) is 0 Å². The van der Waals surface area contributed by atoms with E-state index < -0.39 is 0 Å². The molecule has 0 aliphatic heterocycles. The van der Waals surface area contributed by atoms with Gasteiger partial charge in [-0.25, -0.2) is 0 Å². The molecule has 1 heterocycles. The van der Waals surface area contributed by atoms with Crippen LogP contribution in [0.2, 0.25) is 0 Å². The van der Waals surface area contributed by atoms with Gasteiger partial charge in [-0.1, -0.05) is 25.3 Å². The number of aryl methyl sites for hydroxylation is 1. The van der Waals surface area contributed by atoms with E-state index in [1.54, 1.807) is 0 Å². The van der Waals surface area contributed by atoms with E-state index in [4.69, 9.17) is 5.73 Å². The summed E-state index contributed by atoms with van der Waals surface area (Å²) < 4.78 is 0. The normalized spacial score (nSPS) is 18.7. The van der Waals surface area contributed by atoms with Crippen molar-refractivity contribution < 1.29 is 0 Å². The fourth-order valence-electron chi connectivity index (χ4n) is 3.15. The van der Waals surface area contributed by atoms with Gasteiger partial charge in [-0.15, -0.1) is 0 Å². The van der Waals surface area contributed by atoms with Crippen molar-refractivity contribution >= 4 is 0 Å². The number of pyridine rings is 1. The second kappa shape index (κ2) is 7.01. The number of hydrogen-bond acceptors (Lipinski definition) is 3. The monoisotopic (exact) mass is 261 g/mol. The van der Waals surface area contributed by atoms with Gasteiger partial charge in [-0.2, -0.15) is 0 Å². The Kier molecular flexibility index (Phi) is 5.34. The highest BCUT2D eigenvalue weighted by molar-refractivity contribution is 5.17. The summed E-state index contributed by atoms with van der Waals surface area (Å²) in [4.78, 5) is 6.81. The molecule has 1 aliphatic rings. The fourth-order valence-corrected chi connectivity index (χ4v) is 3.15. The molecule has 0 saturated heterocycles. The van der Waals surface area contributed by atoms with E-state index in [0.29, 0.717) is 12.6 Å². The molecule has 0 spiro atoms. The highest BCUT2D eigenvalue weighted by Gasteiger charge is 2.21. The third-order valence-electron chi connectivity index (χ3n) is 4.35. The van der Waals surface area contributed by atoms with Gasteiger partial charge in [-0.3, -0.25) is 9.88 Å². The zero-order chi connectivity index (χ0) is 13.7. The summed E-state index contributed by atoms with van der Waals surface area (Å²) in [6.07, 6.45) is 8.96. The topological polar surface area (TPSA) is 42.1 Å². The fraction of sp³-hybridized carbons (Fsp3) is 0.688. The van der Waals surface area contributed by atoms with Crippen LogP contribution in [0.5, 0.6) is 0 Å². The van der Waals surface area contributed by atoms with Crippen LogP contribution in [0, 0.1) is 12.8 Å². The lowest BCUT2D eigenvalue weighted by Gasteiger charge is -2.32. The van der Waals surface area contributed by atoms with Crippen LogP contribution < -0.4 is 5.73 Å². The molecule has 106 valence electrons. The molecule has 1 saturated carbocycles. The van der Waals surface area contributed by atoms with Crippen LogP contribution in [0.15, 0.2) is 18.3 Å². The quantitative estimate of drug-likeness (QED) is 0.886. The summed E-state index contributed by atoms with van der Waals surface area (Å²) in [6, 6.07) is 4.54. The first-order valence-electron chi connectivity index (χ1n) is 7.53. The van der Waals surface area contributed by atoms with Crippen LogP contribution in [-0.4, -0.2) is 30.0 Å². The third kappa shape index (κ3) is 4.02. The van der Waals surface area contributed by atoms with E-state index in [1.165, 1.54) is 37.7 Å². The van der Waals surface area contributed by atoms with Crippen LogP contribution in [0.25, 0.3) is 0 Å². The van der Waals surface area contributed by atoms with Gasteiger partial charge in [0, 0.05) is 31.0 Å². The zero-order valence-corrected chi connectivity index (χ0v) is 12.3. The Labute approximate surface area is 117 Å². The minimum atomic E-state index is 0.301. The number of nitrogens with two attached hydrogens (primary N) is 1. The number of rotatable bonds is 5. The van der Waals surface area contributed by atoms with Gasteiger partial charge in [0.25, 0.3) is 0 Å². The zero-order valence-electron chi connectivity index (χ0n) is 12.3. The van der Waals surface area contributed by atoms with Gasteiger partial charge in [0.1, 0.15) is 0 Å². The van der Waals surface area contributed by atoms with Crippen molar-refractivity contribution in [2.45, 2.75) is 45.1 Å². The highest BCUT2D eigenvalue weighted by atomic mass is 15.1. The van der Waals surface area contributed by atoms with Crippen LogP contribution in [0.3, 0.4) is 0 Å². The van der Waals surface area contributed by atoms with Crippen LogP contribution >= 0.6 is 0 Å². The van der Waals surface area contributed by atoms with E-state index in [9.17, 15) is 0 Å². The van der Waals surface area contributed by atoms with Crippen molar-refractivity contribution in [1.29, 1.82) is 0 Å². The first kappa shape index (κ1) is 14.5. The molecule has 3 heteroatoms. The Morgan fingerprint density at radius 2 is 2.05 bits per heavy atom. The summed E-state index contributed by atoms with van der Waals surface area (Å²) >= 11 is 0. The lowest BCUT2D eigenvalue weighted by atomic mass is 9.88. The lowest BCUT2D eigenvalue weighted by molar-refractivity contribution is 0.185. The molecule has 1 atom stereocenters. The van der Waals surface area contributed by atoms with Crippen molar-refractivity contribution in [2.24, 2.45) is 11.7 Å². The number of likely N-dealkylation sites (N-methyl/N-ethyl adjacent to an activating group) is 1. The molecule has 0 radical (unpaired) electrons. The number of nitrogens with zero attached hydrogens (tertiary/aromatic N) is 2. The lowest BCUT2D eigenvalue weighted by Crippen LogP contribution is -2.35. The minimum absolute atomic E-state index is 0.301. The maximum Gasteiger partial charge on any atom is 0.0482 e. The molecule has 0 amide bonds. The minimum Gasteiger partial charge on any atom is -0.329 e. The van der Waals surface area contributed by atoms with E-state index in [1.807, 2.05) is 13.1 Å². The molecule has 1 unspecified atom stereocenters. The van der Waals surface area contributed by atoms with Gasteiger partial charge in [0.15, 0.2) is 0 Å². The average molecular weight is 261 g/mol. The molecule has 2 N–H and O–H groups in total. The summed E-state index contributed by atoms with van der Waals surface area (Å²) in [5.41, 5.74) is 8.29. The van der Waals surface area contributed by atoms with Crippen molar-refractivity contribution in [3.63, 3.8) is 0 Å². The Morgan fingerprint density at radius 3 is 2.63 bits per heavy atom. The van der Waals surface area contributed by atoms with E-state index in [-0.39, 0.29) is 0 Å². The predicted octanol–water partition coefficient (Wildman–Crippen LogP) is 2.90. The maximum atomic E-state index is 5.98. The van der Waals surface area contributed by atoms with Crippen LogP contribution in [-0.2, 0) is 0 Å². The molecule has 0 aromatic carbocycles. The standard InChI is InChI=1S/C16H27N3/c1-13-8-9-15(11-18-13)16(10-17)19(2)12-14-6-4-3-5-7-14/h8-9,11,14,16H,3-7,10,12,17H2,1-2H3. The first-order valence-corrected chi connectivity index (χ1v) is 7.53. The highest BCUT2D eigenvalue weighted by Crippen LogP contribution is 2.27. The average Bonchev–Trinajstić information content (AvgIpc) is 2.43. The Hall–Kier alpha value is -0.930. The van der Waals surface area contributed by atoms with E-state index in [2.05, 4.69) is 29.1 Å². The first-order chi connectivity index (χ1) is 9.20. The van der Waals surface area contributed by atoms with Crippen molar-refractivity contribution in [1.82, 2.24) is 9.88 Å². The molecule has 0 bridgehead atoms. The largest absolute Gasteiger partial charge is 0.329 e. The summed E-state index contributed by atoms with van der Waals surface area (Å²) in [7, 11) is 2.20. The van der Waals surface area contributed by atoms with Gasteiger partial charge < -0.3 is 5.73 Å². The Balaban J connectivity index is 1.97. The van der Waals surface area contributed by atoms with Crippen molar-refractivity contribution in [3.8, 4) is 0 Å². The molecule has 1 aromatic heterocycles. The summed E-state index contributed by atoms with van der Waals surface area (Å²) in [5.74, 6) is 0.853. The molecular formula is C16H27N3. The molecule has 1 aromatic rings. The third-order valence-corrected chi connectivity index (χ3v) is 4.35. The summed E-state index contributed by atoms with van der Waals surface area (Å²) in [5, 5.41) is 0. The van der Waals surface area contributed by atoms with Crippen molar-refractivity contribution in [2.75, 3.05) is 20.1 Å². The summed E-state index contributed by atoms with van der Waals surface area (Å²) in [6.45, 7) is 3.84. The van der Waals surface area contributed by atoms with Crippen LogP contribution in [0.1, 0.15) is 49.4 Å². The number of aromatic nitrogens is 1. The van der Waals surface area contributed by atoms with Gasteiger partial charge in [-0.05, 0) is 44.4 Å². The second-order valence-corrected chi connectivity index (χ2v) is 5.93. The molecule has 19 heavy (non-hydrogen) atoms. The molecule has 2 rings (SSSR count). The van der Waals surface area contributed by atoms with Gasteiger partial charge >= 0.3 is 0 Å². The van der Waals surface area contributed by atoms with Gasteiger partial charge in [0.05, 0.1) is 0 Å². The molecular weight excluding hydrogens is 234 g/mol. The van der Waals surface area contributed by atoms with E-state index >= 15 is 0 Å². The second-order valence-electron chi connectivity index (χ2n) is 5.93.